The molecule has 0 aromatic carbocycles. The van der Waals surface area contributed by atoms with E-state index in [0.717, 1.165) is 32.1 Å². The van der Waals surface area contributed by atoms with E-state index in [1.54, 1.807) is 0 Å². The number of aliphatic hydroxyl groups excluding tert-OH is 6. The van der Waals surface area contributed by atoms with Gasteiger partial charge in [0.2, 0.25) is 5.91 Å². The molecule has 0 radical (unpaired) electrons. The van der Waals surface area contributed by atoms with E-state index in [1.165, 1.54) is 103 Å². The van der Waals surface area contributed by atoms with Crippen molar-refractivity contribution in [3.05, 3.63) is 0 Å². The second kappa shape index (κ2) is 28.9. The summed E-state index contributed by atoms with van der Waals surface area (Å²) < 4.78 is 11.0. The first-order chi connectivity index (χ1) is 22.8. The van der Waals surface area contributed by atoms with Crippen molar-refractivity contribution in [2.24, 2.45) is 0 Å². The van der Waals surface area contributed by atoms with Gasteiger partial charge in [0, 0.05) is 6.42 Å². The maximum Gasteiger partial charge on any atom is 0.220 e. The van der Waals surface area contributed by atoms with Gasteiger partial charge in [0.05, 0.1) is 25.4 Å². The number of rotatable bonds is 31. The third kappa shape index (κ3) is 20.4. The lowest BCUT2D eigenvalue weighted by Crippen LogP contribution is -2.60. The Kier molecular flexibility index (Phi) is 27.2. The van der Waals surface area contributed by atoms with Gasteiger partial charge in [-0.25, -0.2) is 0 Å². The number of hydrogen-bond acceptors (Lipinski definition) is 9. The van der Waals surface area contributed by atoms with Crippen molar-refractivity contribution in [3.8, 4) is 0 Å². The lowest BCUT2D eigenvalue weighted by atomic mass is 9.99. The smallest absolute Gasteiger partial charge is 0.220 e. The molecule has 0 bridgehead atoms. The first-order valence-corrected chi connectivity index (χ1v) is 19.3. The summed E-state index contributed by atoms with van der Waals surface area (Å²) in [4.78, 5) is 12.7. The van der Waals surface area contributed by atoms with Crippen LogP contribution >= 0.6 is 0 Å². The van der Waals surface area contributed by atoms with Gasteiger partial charge in [0.15, 0.2) is 6.29 Å². The third-order valence-corrected chi connectivity index (χ3v) is 9.55. The Morgan fingerprint density at radius 1 is 0.660 bits per heavy atom. The molecule has 47 heavy (non-hydrogen) atoms. The van der Waals surface area contributed by atoms with Gasteiger partial charge in [0.1, 0.15) is 30.5 Å². The molecule has 0 aromatic heterocycles. The van der Waals surface area contributed by atoms with E-state index in [9.17, 15) is 35.4 Å². The lowest BCUT2D eigenvalue weighted by molar-refractivity contribution is -0.303. The van der Waals surface area contributed by atoms with Crippen LogP contribution in [-0.4, -0.2) is 98.7 Å². The number of carbonyl (C=O) groups is 1. The molecule has 1 amide bonds. The molecule has 5 unspecified atom stereocenters. The molecule has 10 nitrogen and oxygen atoms in total. The molecule has 0 aromatic rings. The Labute approximate surface area is 286 Å². The Morgan fingerprint density at radius 3 is 1.55 bits per heavy atom. The summed E-state index contributed by atoms with van der Waals surface area (Å²) in [5, 5.41) is 63.8. The standard InChI is InChI=1S/C37H73NO9/c1-3-5-7-8-9-10-11-12-13-14-15-16-17-18-19-20-21-22-23-24-26-32(41)38-29(33(42)30(40)25-6-4-2)28-46-37-36(45)35(44)34(43)31(27-39)47-37/h29-31,33-37,39-40,42-45H,3-28H2,1-2H3,(H,38,41)/t29-,30+,31?,33-,34?,35?,36?,37?/m0/s1. The van der Waals surface area contributed by atoms with E-state index in [1.807, 2.05) is 6.92 Å². The number of amides is 1. The Balaban J connectivity index is 2.20. The van der Waals surface area contributed by atoms with Gasteiger partial charge in [-0.1, -0.05) is 149 Å². The van der Waals surface area contributed by atoms with Gasteiger partial charge in [-0.2, -0.15) is 0 Å². The van der Waals surface area contributed by atoms with Crippen LogP contribution in [0, 0.1) is 0 Å². The Bertz CT molecular complexity index is 728. The summed E-state index contributed by atoms with van der Waals surface area (Å²) in [6, 6.07) is -0.980. The van der Waals surface area contributed by atoms with E-state index in [4.69, 9.17) is 9.47 Å². The minimum absolute atomic E-state index is 0.267. The molecule has 10 heteroatoms. The molecular formula is C37H73NO9. The Morgan fingerprint density at radius 2 is 1.11 bits per heavy atom. The van der Waals surface area contributed by atoms with Crippen LogP contribution in [-0.2, 0) is 14.3 Å². The first kappa shape index (κ1) is 44.2. The highest BCUT2D eigenvalue weighted by Crippen LogP contribution is 2.23. The molecule has 1 aliphatic rings. The average Bonchev–Trinajstić information content (AvgIpc) is 3.07. The molecule has 0 aliphatic carbocycles. The van der Waals surface area contributed by atoms with Crippen LogP contribution < -0.4 is 5.32 Å². The highest BCUT2D eigenvalue weighted by Gasteiger charge is 2.44. The summed E-state index contributed by atoms with van der Waals surface area (Å²) in [5.74, 6) is -0.267. The molecule has 7 N–H and O–H groups in total. The highest BCUT2D eigenvalue weighted by atomic mass is 16.7. The van der Waals surface area contributed by atoms with E-state index >= 15 is 0 Å². The Hall–Kier alpha value is -0.850. The van der Waals surface area contributed by atoms with Crippen molar-refractivity contribution >= 4 is 5.91 Å². The first-order valence-electron chi connectivity index (χ1n) is 19.3. The van der Waals surface area contributed by atoms with Crippen molar-refractivity contribution in [3.63, 3.8) is 0 Å². The quantitative estimate of drug-likeness (QED) is 0.0475. The van der Waals surface area contributed by atoms with Gasteiger partial charge < -0.3 is 45.4 Å². The highest BCUT2D eigenvalue weighted by molar-refractivity contribution is 5.76. The summed E-state index contributed by atoms with van der Waals surface area (Å²) in [5.41, 5.74) is 0. The van der Waals surface area contributed by atoms with E-state index < -0.39 is 55.6 Å². The fourth-order valence-corrected chi connectivity index (χ4v) is 6.30. The normalized spacial score (nSPS) is 23.4. The second-order valence-corrected chi connectivity index (χ2v) is 13.9. The lowest BCUT2D eigenvalue weighted by Gasteiger charge is -2.40. The van der Waals surface area contributed by atoms with Crippen LogP contribution in [0.2, 0.25) is 0 Å². The summed E-state index contributed by atoms with van der Waals surface area (Å²) in [7, 11) is 0. The van der Waals surface area contributed by atoms with Crippen LogP contribution in [0.25, 0.3) is 0 Å². The second-order valence-electron chi connectivity index (χ2n) is 13.9. The van der Waals surface area contributed by atoms with Gasteiger partial charge in [-0.3, -0.25) is 4.79 Å². The van der Waals surface area contributed by atoms with Crippen molar-refractivity contribution in [2.45, 2.75) is 217 Å². The summed E-state index contributed by atoms with van der Waals surface area (Å²) in [6.45, 7) is 3.34. The number of unbranched alkanes of at least 4 members (excludes halogenated alkanes) is 20. The largest absolute Gasteiger partial charge is 0.394 e. The number of ether oxygens (including phenoxy) is 2. The minimum Gasteiger partial charge on any atom is -0.394 e. The van der Waals surface area contributed by atoms with Crippen molar-refractivity contribution in [1.29, 1.82) is 0 Å². The molecule has 1 fully saturated rings. The fraction of sp³-hybridized carbons (Fsp3) is 0.973. The van der Waals surface area contributed by atoms with Gasteiger partial charge in [0.25, 0.3) is 0 Å². The van der Waals surface area contributed by atoms with Crippen molar-refractivity contribution in [2.75, 3.05) is 13.2 Å². The number of carbonyl (C=O) groups excluding carboxylic acids is 1. The zero-order chi connectivity index (χ0) is 34.7. The molecular weight excluding hydrogens is 602 g/mol. The van der Waals surface area contributed by atoms with Gasteiger partial charge >= 0.3 is 0 Å². The summed E-state index contributed by atoms with van der Waals surface area (Å²) in [6.07, 6.45) is 18.3. The van der Waals surface area contributed by atoms with Crippen LogP contribution in [0.4, 0.5) is 0 Å². The summed E-state index contributed by atoms with van der Waals surface area (Å²) >= 11 is 0. The maximum absolute atomic E-state index is 12.7. The molecule has 0 spiro atoms. The zero-order valence-electron chi connectivity index (χ0n) is 29.9. The SMILES string of the molecule is CCCCCCCCCCCCCCCCCCCCCCC(=O)N[C@@H](COC1OC(CO)C(O)C(O)C1O)[C@H](O)[C@H](O)CCCC. The average molecular weight is 676 g/mol. The predicted molar refractivity (Wildman–Crippen MR) is 186 cm³/mol. The number of nitrogens with one attached hydrogen (secondary N) is 1. The molecule has 1 saturated heterocycles. The number of aliphatic hydroxyl groups is 6. The number of hydrogen-bond donors (Lipinski definition) is 7. The molecule has 1 rings (SSSR count). The zero-order valence-corrected chi connectivity index (χ0v) is 29.9. The molecule has 8 atom stereocenters. The predicted octanol–water partition coefficient (Wildman–Crippen LogP) is 5.41. The van der Waals surface area contributed by atoms with E-state index in [2.05, 4.69) is 12.2 Å². The van der Waals surface area contributed by atoms with Crippen LogP contribution in [0.5, 0.6) is 0 Å². The molecule has 280 valence electrons. The molecule has 1 aliphatic heterocycles. The van der Waals surface area contributed by atoms with Gasteiger partial charge in [-0.05, 0) is 12.8 Å². The van der Waals surface area contributed by atoms with E-state index in [0.29, 0.717) is 12.8 Å². The fourth-order valence-electron chi connectivity index (χ4n) is 6.30. The van der Waals surface area contributed by atoms with Crippen LogP contribution in [0.15, 0.2) is 0 Å². The molecule has 0 saturated carbocycles. The van der Waals surface area contributed by atoms with E-state index in [-0.39, 0.29) is 18.9 Å². The van der Waals surface area contributed by atoms with Crippen LogP contribution in [0.3, 0.4) is 0 Å². The van der Waals surface area contributed by atoms with Crippen LogP contribution in [0.1, 0.15) is 168 Å². The van der Waals surface area contributed by atoms with Crippen molar-refractivity contribution < 1.29 is 44.9 Å². The van der Waals surface area contributed by atoms with Crippen molar-refractivity contribution in [1.82, 2.24) is 5.32 Å². The topological polar surface area (TPSA) is 169 Å². The van der Waals surface area contributed by atoms with Gasteiger partial charge in [-0.15, -0.1) is 0 Å². The third-order valence-electron chi connectivity index (χ3n) is 9.55. The maximum atomic E-state index is 12.7. The molecule has 1 heterocycles. The minimum atomic E-state index is -1.60. The monoisotopic (exact) mass is 676 g/mol.